The molecule has 0 aliphatic carbocycles. The van der Waals surface area contributed by atoms with Gasteiger partial charge in [0.25, 0.3) is 5.91 Å². The summed E-state index contributed by atoms with van der Waals surface area (Å²) < 4.78 is 0. The third kappa shape index (κ3) is 3.08. The Kier molecular flexibility index (Phi) is 4.10. The van der Waals surface area contributed by atoms with Crippen LogP contribution in [-0.4, -0.2) is 27.6 Å². The predicted octanol–water partition coefficient (Wildman–Crippen LogP) is 2.86. The summed E-state index contributed by atoms with van der Waals surface area (Å²) >= 11 is 0. The number of nitrogens with one attached hydrogen (secondary N) is 2. The summed E-state index contributed by atoms with van der Waals surface area (Å²) in [4.78, 5) is 17.2. The molecule has 3 rings (SSSR count). The van der Waals surface area contributed by atoms with Crippen LogP contribution in [0.2, 0.25) is 0 Å². The molecule has 2 heterocycles. The number of rotatable bonds is 4. The van der Waals surface area contributed by atoms with Crippen LogP contribution >= 0.6 is 0 Å². The Hall–Kier alpha value is -2.69. The monoisotopic (exact) mass is 308 g/mol. The van der Waals surface area contributed by atoms with Gasteiger partial charge in [0.05, 0.1) is 17.3 Å². The topological polar surface area (TPSA) is 70.7 Å². The normalized spacial score (nSPS) is 10.9. The zero-order valence-corrected chi connectivity index (χ0v) is 13.6. The molecule has 118 valence electrons. The molecule has 0 unspecified atom stereocenters. The van der Waals surface area contributed by atoms with E-state index in [4.69, 9.17) is 0 Å². The van der Waals surface area contributed by atoms with E-state index in [-0.39, 0.29) is 5.91 Å². The molecule has 0 saturated carbocycles. The van der Waals surface area contributed by atoms with Gasteiger partial charge in [-0.2, -0.15) is 5.10 Å². The lowest BCUT2D eigenvalue weighted by molar-refractivity contribution is 0.0955. The molecule has 1 amide bonds. The highest BCUT2D eigenvalue weighted by atomic mass is 16.1. The molecule has 0 spiro atoms. The van der Waals surface area contributed by atoms with Gasteiger partial charge in [-0.1, -0.05) is 12.1 Å². The van der Waals surface area contributed by atoms with Crippen LogP contribution < -0.4 is 5.32 Å². The van der Waals surface area contributed by atoms with Crippen LogP contribution in [0.25, 0.3) is 10.9 Å². The maximum Gasteiger partial charge on any atom is 0.252 e. The number of benzene rings is 1. The first-order valence-corrected chi connectivity index (χ1v) is 7.69. The predicted molar refractivity (Wildman–Crippen MR) is 90.6 cm³/mol. The van der Waals surface area contributed by atoms with Gasteiger partial charge >= 0.3 is 0 Å². The van der Waals surface area contributed by atoms with Crippen molar-refractivity contribution in [2.24, 2.45) is 0 Å². The van der Waals surface area contributed by atoms with Crippen molar-refractivity contribution in [3.63, 3.8) is 0 Å². The summed E-state index contributed by atoms with van der Waals surface area (Å²) in [5.41, 5.74) is 5.83. The molecule has 5 heteroatoms. The second-order valence-corrected chi connectivity index (χ2v) is 5.83. The minimum atomic E-state index is -0.0627. The number of aryl methyl sites for hydroxylation is 3. The molecule has 1 aromatic carbocycles. The molecule has 2 aromatic heterocycles. The van der Waals surface area contributed by atoms with Gasteiger partial charge in [-0.05, 0) is 49.9 Å². The van der Waals surface area contributed by atoms with Crippen LogP contribution in [0, 0.1) is 20.8 Å². The maximum absolute atomic E-state index is 12.6. The van der Waals surface area contributed by atoms with E-state index in [9.17, 15) is 4.79 Å². The lowest BCUT2D eigenvalue weighted by Crippen LogP contribution is -2.26. The van der Waals surface area contributed by atoms with Gasteiger partial charge in [-0.15, -0.1) is 0 Å². The molecule has 0 saturated heterocycles. The van der Waals surface area contributed by atoms with Crippen molar-refractivity contribution in [2.45, 2.75) is 27.2 Å². The van der Waals surface area contributed by atoms with Crippen molar-refractivity contribution >= 4 is 16.8 Å². The number of aromatic nitrogens is 3. The van der Waals surface area contributed by atoms with Gasteiger partial charge < -0.3 is 5.32 Å². The van der Waals surface area contributed by atoms with E-state index in [1.165, 1.54) is 5.56 Å². The lowest BCUT2D eigenvalue weighted by Gasteiger charge is -2.11. The average molecular weight is 308 g/mol. The van der Waals surface area contributed by atoms with Crippen molar-refractivity contribution in [2.75, 3.05) is 6.54 Å². The Morgan fingerprint density at radius 1 is 1.26 bits per heavy atom. The van der Waals surface area contributed by atoms with Gasteiger partial charge in [0.2, 0.25) is 0 Å². The van der Waals surface area contributed by atoms with Crippen LogP contribution in [0.5, 0.6) is 0 Å². The number of hydrogen-bond donors (Lipinski definition) is 2. The fourth-order valence-electron chi connectivity index (χ4n) is 2.68. The lowest BCUT2D eigenvalue weighted by atomic mass is 10.0. The van der Waals surface area contributed by atoms with Crippen molar-refractivity contribution < 1.29 is 4.79 Å². The second kappa shape index (κ2) is 6.20. The quantitative estimate of drug-likeness (QED) is 0.778. The summed E-state index contributed by atoms with van der Waals surface area (Å²) in [6.07, 6.45) is 4.36. The van der Waals surface area contributed by atoms with E-state index in [0.717, 1.165) is 34.1 Å². The minimum Gasteiger partial charge on any atom is -0.352 e. The van der Waals surface area contributed by atoms with E-state index in [2.05, 4.69) is 27.4 Å². The number of hydrogen-bond acceptors (Lipinski definition) is 3. The Balaban J connectivity index is 1.86. The maximum atomic E-state index is 12.6. The number of carbonyl (C=O) groups excluding carboxylic acids is 1. The molecule has 3 aromatic rings. The van der Waals surface area contributed by atoms with E-state index >= 15 is 0 Å². The highest BCUT2D eigenvalue weighted by molar-refractivity contribution is 6.07. The molecule has 0 atom stereocenters. The SMILES string of the molecule is Cc1cc(C(=O)NCCc2cn[nH]c2)c2ccc(C)c(C)c2n1. The summed E-state index contributed by atoms with van der Waals surface area (Å²) in [5.74, 6) is -0.0627. The molecule has 0 fully saturated rings. The average Bonchev–Trinajstić information content (AvgIpc) is 3.04. The molecule has 5 nitrogen and oxygen atoms in total. The van der Waals surface area contributed by atoms with Crippen LogP contribution in [0.1, 0.15) is 32.7 Å². The first kappa shape index (κ1) is 15.2. The number of nitrogens with zero attached hydrogens (tertiary/aromatic N) is 2. The van der Waals surface area contributed by atoms with Crippen molar-refractivity contribution in [3.05, 3.63) is 58.5 Å². The van der Waals surface area contributed by atoms with Gasteiger partial charge in [-0.25, -0.2) is 0 Å². The number of carbonyl (C=O) groups is 1. The highest BCUT2D eigenvalue weighted by Crippen LogP contribution is 2.23. The first-order chi connectivity index (χ1) is 11.1. The summed E-state index contributed by atoms with van der Waals surface area (Å²) in [6.45, 7) is 6.60. The van der Waals surface area contributed by atoms with E-state index in [1.807, 2.05) is 38.2 Å². The fraction of sp³-hybridized carbons (Fsp3) is 0.278. The third-order valence-electron chi connectivity index (χ3n) is 4.13. The number of amides is 1. The number of pyridine rings is 1. The van der Waals surface area contributed by atoms with Gasteiger partial charge in [0.1, 0.15) is 0 Å². The van der Waals surface area contributed by atoms with Crippen molar-refractivity contribution in [1.82, 2.24) is 20.5 Å². The summed E-state index contributed by atoms with van der Waals surface area (Å²) in [7, 11) is 0. The molecule has 2 N–H and O–H groups in total. The smallest absolute Gasteiger partial charge is 0.252 e. The Labute approximate surface area is 135 Å². The summed E-state index contributed by atoms with van der Waals surface area (Å²) in [6, 6.07) is 5.87. The number of H-pyrrole nitrogens is 1. The molecule has 0 bridgehead atoms. The standard InChI is InChI=1S/C18H20N4O/c1-11-4-5-15-16(8-12(2)22-17(15)13(11)3)18(23)19-7-6-14-9-20-21-10-14/h4-5,8-10H,6-7H2,1-3H3,(H,19,23)(H,20,21). The van der Waals surface area contributed by atoms with Crippen LogP contribution in [0.4, 0.5) is 0 Å². The fourth-order valence-corrected chi connectivity index (χ4v) is 2.68. The minimum absolute atomic E-state index is 0.0627. The van der Waals surface area contributed by atoms with E-state index in [0.29, 0.717) is 12.1 Å². The van der Waals surface area contributed by atoms with Crippen LogP contribution in [0.15, 0.2) is 30.6 Å². The first-order valence-electron chi connectivity index (χ1n) is 7.69. The third-order valence-corrected chi connectivity index (χ3v) is 4.13. The van der Waals surface area contributed by atoms with Gasteiger partial charge in [0.15, 0.2) is 0 Å². The highest BCUT2D eigenvalue weighted by Gasteiger charge is 2.13. The van der Waals surface area contributed by atoms with Crippen molar-refractivity contribution in [3.8, 4) is 0 Å². The second-order valence-electron chi connectivity index (χ2n) is 5.83. The van der Waals surface area contributed by atoms with Crippen LogP contribution in [-0.2, 0) is 6.42 Å². The number of fused-ring (bicyclic) bond motifs is 1. The Bertz CT molecular complexity index is 853. The molecule has 0 aliphatic heterocycles. The van der Waals surface area contributed by atoms with Gasteiger partial charge in [0, 0.05) is 23.8 Å². The Morgan fingerprint density at radius 3 is 2.83 bits per heavy atom. The molecule has 23 heavy (non-hydrogen) atoms. The van der Waals surface area contributed by atoms with Crippen molar-refractivity contribution in [1.29, 1.82) is 0 Å². The Morgan fingerprint density at radius 2 is 2.09 bits per heavy atom. The molecular formula is C18H20N4O. The molecular weight excluding hydrogens is 288 g/mol. The zero-order valence-electron chi connectivity index (χ0n) is 13.6. The van der Waals surface area contributed by atoms with Crippen LogP contribution in [0.3, 0.4) is 0 Å². The zero-order chi connectivity index (χ0) is 16.4. The molecule has 0 radical (unpaired) electrons. The molecule has 0 aliphatic rings. The largest absolute Gasteiger partial charge is 0.352 e. The van der Waals surface area contributed by atoms with Gasteiger partial charge in [-0.3, -0.25) is 14.9 Å². The number of aromatic amines is 1. The van der Waals surface area contributed by atoms with E-state index < -0.39 is 0 Å². The summed E-state index contributed by atoms with van der Waals surface area (Å²) in [5, 5.41) is 10.6. The van der Waals surface area contributed by atoms with E-state index in [1.54, 1.807) is 6.20 Å².